The Hall–Kier alpha value is -2.56. The highest BCUT2D eigenvalue weighted by molar-refractivity contribution is 6.03. The van der Waals surface area contributed by atoms with Gasteiger partial charge >= 0.3 is 5.97 Å². The van der Waals surface area contributed by atoms with E-state index in [1.807, 2.05) is 24.3 Å². The van der Waals surface area contributed by atoms with Gasteiger partial charge in [-0.3, -0.25) is 4.79 Å². The van der Waals surface area contributed by atoms with Gasteiger partial charge in [0.15, 0.2) is 5.78 Å². The lowest BCUT2D eigenvalue weighted by Crippen LogP contribution is -2.31. The van der Waals surface area contributed by atoms with E-state index in [0.717, 1.165) is 12.0 Å². The van der Waals surface area contributed by atoms with Crippen LogP contribution in [-0.4, -0.2) is 18.4 Å². The number of nitrogens with two attached hydrogens (primary N) is 1. The van der Waals surface area contributed by atoms with Gasteiger partial charge in [-0.05, 0) is 30.4 Å². The van der Waals surface area contributed by atoms with E-state index in [4.69, 9.17) is 15.2 Å². The first-order valence-electron chi connectivity index (χ1n) is 9.14. The van der Waals surface area contributed by atoms with Crippen molar-refractivity contribution in [3.8, 4) is 0 Å². The van der Waals surface area contributed by atoms with Crippen LogP contribution in [0.5, 0.6) is 0 Å². The Morgan fingerprint density at radius 3 is 2.58 bits per heavy atom. The zero-order valence-electron chi connectivity index (χ0n) is 15.5. The van der Waals surface area contributed by atoms with E-state index >= 15 is 0 Å². The molecular formula is C21H25NO4. The van der Waals surface area contributed by atoms with Crippen LogP contribution in [0, 0.1) is 0 Å². The molecule has 0 aromatic heterocycles. The molecule has 1 aliphatic carbocycles. The quantitative estimate of drug-likeness (QED) is 0.834. The first-order chi connectivity index (χ1) is 12.4. The number of carbonyl (C=O) groups is 2. The minimum absolute atomic E-state index is 0.0125. The van der Waals surface area contributed by atoms with Gasteiger partial charge in [-0.1, -0.05) is 38.1 Å². The Morgan fingerprint density at radius 2 is 1.96 bits per heavy atom. The number of hydrogen-bond acceptors (Lipinski definition) is 5. The molecule has 1 heterocycles. The zero-order valence-corrected chi connectivity index (χ0v) is 15.5. The van der Waals surface area contributed by atoms with Crippen LogP contribution < -0.4 is 5.73 Å². The predicted molar refractivity (Wildman–Crippen MR) is 98.1 cm³/mol. The number of esters is 1. The smallest absolute Gasteiger partial charge is 0.340 e. The van der Waals surface area contributed by atoms with Crippen molar-refractivity contribution in [1.29, 1.82) is 0 Å². The van der Waals surface area contributed by atoms with Gasteiger partial charge in [-0.15, -0.1) is 0 Å². The number of benzene rings is 1. The van der Waals surface area contributed by atoms with Gasteiger partial charge in [0.25, 0.3) is 0 Å². The molecule has 0 spiro atoms. The Labute approximate surface area is 153 Å². The molecule has 1 aromatic carbocycles. The summed E-state index contributed by atoms with van der Waals surface area (Å²) >= 11 is 0. The van der Waals surface area contributed by atoms with Crippen LogP contribution in [0.1, 0.15) is 63.0 Å². The van der Waals surface area contributed by atoms with Crippen LogP contribution in [0.2, 0.25) is 0 Å². The normalized spacial score (nSPS) is 20.2. The summed E-state index contributed by atoms with van der Waals surface area (Å²) in [6.45, 7) is 6.21. The molecule has 0 bridgehead atoms. The second kappa shape index (κ2) is 7.36. The molecule has 0 radical (unpaired) electrons. The van der Waals surface area contributed by atoms with Crippen molar-refractivity contribution in [1.82, 2.24) is 0 Å². The van der Waals surface area contributed by atoms with Crippen LogP contribution >= 0.6 is 0 Å². The molecule has 5 heteroatoms. The molecule has 26 heavy (non-hydrogen) atoms. The number of Topliss-reactive ketones (excluding diaryl/α,β-unsaturated/α-hetero) is 1. The monoisotopic (exact) mass is 355 g/mol. The largest absolute Gasteiger partial charge is 0.462 e. The number of hydrogen-bond donors (Lipinski definition) is 1. The van der Waals surface area contributed by atoms with E-state index in [1.54, 1.807) is 6.92 Å². The van der Waals surface area contributed by atoms with Gasteiger partial charge in [0.1, 0.15) is 11.3 Å². The fourth-order valence-electron chi connectivity index (χ4n) is 3.57. The molecule has 3 rings (SSSR count). The standard InChI is InChI=1S/C21H25NO4/c1-4-25-21(24)19-17(14-10-8-13(9-11-14)12(2)3)18-15(23)6-5-7-16(18)26-20(19)22/h8-12,17H,4-7,22H2,1-3H3/t17-/m1/s1. The minimum atomic E-state index is -0.535. The molecule has 0 unspecified atom stereocenters. The second-order valence-electron chi connectivity index (χ2n) is 6.97. The highest BCUT2D eigenvalue weighted by Crippen LogP contribution is 2.44. The van der Waals surface area contributed by atoms with E-state index in [9.17, 15) is 9.59 Å². The number of allylic oxidation sites excluding steroid dienone is 2. The van der Waals surface area contributed by atoms with Crippen LogP contribution in [0.25, 0.3) is 0 Å². The molecule has 1 atom stereocenters. The highest BCUT2D eigenvalue weighted by Gasteiger charge is 2.41. The van der Waals surface area contributed by atoms with Gasteiger partial charge in [0.05, 0.1) is 12.5 Å². The summed E-state index contributed by atoms with van der Waals surface area (Å²) in [6.07, 6.45) is 1.84. The van der Waals surface area contributed by atoms with Crippen molar-refractivity contribution in [2.45, 2.75) is 51.9 Å². The summed E-state index contributed by atoms with van der Waals surface area (Å²) < 4.78 is 10.9. The third kappa shape index (κ3) is 3.26. The van der Waals surface area contributed by atoms with Crippen molar-refractivity contribution < 1.29 is 19.1 Å². The summed E-state index contributed by atoms with van der Waals surface area (Å²) in [7, 11) is 0. The van der Waals surface area contributed by atoms with Crippen LogP contribution in [-0.2, 0) is 19.1 Å². The molecule has 0 saturated carbocycles. The maximum Gasteiger partial charge on any atom is 0.340 e. The number of ether oxygens (including phenoxy) is 2. The maximum atomic E-state index is 12.7. The molecule has 0 amide bonds. The summed E-state index contributed by atoms with van der Waals surface area (Å²) in [5, 5.41) is 0. The number of ketones is 1. The molecule has 0 saturated heterocycles. The van der Waals surface area contributed by atoms with Crippen molar-refractivity contribution in [3.05, 3.63) is 58.2 Å². The minimum Gasteiger partial charge on any atom is -0.462 e. The van der Waals surface area contributed by atoms with Crippen molar-refractivity contribution in [2.75, 3.05) is 6.61 Å². The van der Waals surface area contributed by atoms with Gasteiger partial charge < -0.3 is 15.2 Å². The number of rotatable bonds is 4. The van der Waals surface area contributed by atoms with E-state index in [0.29, 0.717) is 30.1 Å². The maximum absolute atomic E-state index is 12.7. The fourth-order valence-corrected chi connectivity index (χ4v) is 3.57. The van der Waals surface area contributed by atoms with E-state index in [2.05, 4.69) is 13.8 Å². The lowest BCUT2D eigenvalue weighted by molar-refractivity contribution is -0.139. The summed E-state index contributed by atoms with van der Waals surface area (Å²) in [6, 6.07) is 7.98. The Bertz CT molecular complexity index is 787. The summed E-state index contributed by atoms with van der Waals surface area (Å²) in [4.78, 5) is 25.2. The Morgan fingerprint density at radius 1 is 1.27 bits per heavy atom. The first-order valence-corrected chi connectivity index (χ1v) is 9.14. The van der Waals surface area contributed by atoms with Crippen LogP contribution in [0.15, 0.2) is 47.1 Å². The molecule has 2 N–H and O–H groups in total. The van der Waals surface area contributed by atoms with Crippen molar-refractivity contribution >= 4 is 11.8 Å². The van der Waals surface area contributed by atoms with Crippen LogP contribution in [0.3, 0.4) is 0 Å². The molecule has 0 fully saturated rings. The fraction of sp³-hybridized carbons (Fsp3) is 0.429. The SMILES string of the molecule is CCOC(=O)C1=C(N)OC2=C(C(=O)CCC2)[C@H]1c1ccc(C(C)C)cc1. The zero-order chi connectivity index (χ0) is 18.8. The van der Waals surface area contributed by atoms with Gasteiger partial charge in [-0.25, -0.2) is 4.79 Å². The topological polar surface area (TPSA) is 78.6 Å². The lowest BCUT2D eigenvalue weighted by atomic mass is 9.77. The van der Waals surface area contributed by atoms with Gasteiger partial charge in [-0.2, -0.15) is 0 Å². The van der Waals surface area contributed by atoms with E-state index in [1.165, 1.54) is 5.56 Å². The molecule has 5 nitrogen and oxygen atoms in total. The molecule has 1 aliphatic heterocycles. The Balaban J connectivity index is 2.12. The van der Waals surface area contributed by atoms with Gasteiger partial charge in [0, 0.05) is 18.4 Å². The van der Waals surface area contributed by atoms with Crippen molar-refractivity contribution in [2.24, 2.45) is 5.73 Å². The molecular weight excluding hydrogens is 330 g/mol. The molecule has 138 valence electrons. The lowest BCUT2D eigenvalue weighted by Gasteiger charge is -2.32. The third-order valence-corrected chi connectivity index (χ3v) is 4.92. The highest BCUT2D eigenvalue weighted by atomic mass is 16.5. The number of carbonyl (C=O) groups excluding carboxylic acids is 2. The second-order valence-corrected chi connectivity index (χ2v) is 6.97. The average molecular weight is 355 g/mol. The van der Waals surface area contributed by atoms with Crippen LogP contribution in [0.4, 0.5) is 0 Å². The molecule has 1 aromatic rings. The summed E-state index contributed by atoms with van der Waals surface area (Å²) in [5.41, 5.74) is 8.89. The summed E-state index contributed by atoms with van der Waals surface area (Å²) in [5.74, 6) is -0.0345. The van der Waals surface area contributed by atoms with E-state index < -0.39 is 11.9 Å². The molecule has 2 aliphatic rings. The predicted octanol–water partition coefficient (Wildman–Crippen LogP) is 3.66. The Kier molecular flexibility index (Phi) is 5.16. The first kappa shape index (κ1) is 18.2. The van der Waals surface area contributed by atoms with Crippen molar-refractivity contribution in [3.63, 3.8) is 0 Å². The third-order valence-electron chi connectivity index (χ3n) is 4.92. The van der Waals surface area contributed by atoms with Gasteiger partial charge in [0.2, 0.25) is 5.88 Å². The average Bonchev–Trinajstić information content (AvgIpc) is 2.61. The van der Waals surface area contributed by atoms with E-state index in [-0.39, 0.29) is 23.8 Å².